The third-order valence-electron chi connectivity index (χ3n) is 3.48. The van der Waals surface area contributed by atoms with Gasteiger partial charge in [-0.25, -0.2) is 15.0 Å². The number of thiophene rings is 1. The molecular weight excluding hydrogens is 366 g/mol. The summed E-state index contributed by atoms with van der Waals surface area (Å²) in [6.45, 7) is 0. The van der Waals surface area contributed by atoms with Gasteiger partial charge < -0.3 is 5.32 Å². The summed E-state index contributed by atoms with van der Waals surface area (Å²) in [6.07, 6.45) is 5.30. The molecule has 0 radical (unpaired) electrons. The molecule has 0 unspecified atom stereocenters. The summed E-state index contributed by atoms with van der Waals surface area (Å²) in [5.74, 6) is 0.809. The minimum Gasteiger partial charge on any atom is -0.310 e. The maximum absolute atomic E-state index is 12.4. The second-order valence-corrected chi connectivity index (χ2v) is 7.21. The lowest BCUT2D eigenvalue weighted by molar-refractivity contribution is -0.115. The van der Waals surface area contributed by atoms with Crippen molar-refractivity contribution in [2.45, 2.75) is 6.42 Å². The Labute approximate surface area is 157 Å². The van der Waals surface area contributed by atoms with Gasteiger partial charge >= 0.3 is 0 Å². The van der Waals surface area contributed by atoms with E-state index in [2.05, 4.69) is 25.3 Å². The summed E-state index contributed by atoms with van der Waals surface area (Å²) >= 11 is 3.04. The molecule has 1 amide bonds. The van der Waals surface area contributed by atoms with Crippen molar-refractivity contribution in [2.24, 2.45) is 0 Å². The van der Waals surface area contributed by atoms with Crippen molar-refractivity contribution >= 4 is 34.4 Å². The number of nitrogens with zero attached hydrogens (tertiary/aromatic N) is 4. The summed E-state index contributed by atoms with van der Waals surface area (Å²) in [5, 5.41) is 7.43. The standard InChI is InChI=1S/C18H13N5OS2/c24-16(9-12-3-1-5-19-11-12)22-15-10-13(14-4-2-7-25-14)21-17(23-15)18-20-6-8-26-18/h1-8,10-11H,9H2,(H,21,22,23,24). The van der Waals surface area contributed by atoms with Gasteiger partial charge in [-0.2, -0.15) is 0 Å². The Hall–Kier alpha value is -2.97. The highest BCUT2D eigenvalue weighted by molar-refractivity contribution is 7.13. The van der Waals surface area contributed by atoms with Gasteiger partial charge in [0.05, 0.1) is 17.0 Å². The molecule has 0 saturated heterocycles. The van der Waals surface area contributed by atoms with Gasteiger partial charge in [-0.1, -0.05) is 12.1 Å². The molecule has 26 heavy (non-hydrogen) atoms. The van der Waals surface area contributed by atoms with E-state index in [1.807, 2.05) is 35.0 Å². The van der Waals surface area contributed by atoms with Crippen LogP contribution in [0.2, 0.25) is 0 Å². The quantitative estimate of drug-likeness (QED) is 0.569. The summed E-state index contributed by atoms with van der Waals surface area (Å²) in [6, 6.07) is 9.41. The lowest BCUT2D eigenvalue weighted by Crippen LogP contribution is -2.16. The zero-order chi connectivity index (χ0) is 17.8. The van der Waals surface area contributed by atoms with Crippen molar-refractivity contribution in [1.29, 1.82) is 0 Å². The van der Waals surface area contributed by atoms with Gasteiger partial charge in [0.15, 0.2) is 10.8 Å². The number of thiazole rings is 1. The highest BCUT2D eigenvalue weighted by Gasteiger charge is 2.13. The number of aromatic nitrogens is 4. The molecule has 0 bridgehead atoms. The first kappa shape index (κ1) is 16.5. The van der Waals surface area contributed by atoms with Gasteiger partial charge in [0.25, 0.3) is 0 Å². The number of nitrogens with one attached hydrogen (secondary N) is 1. The zero-order valence-corrected chi connectivity index (χ0v) is 15.1. The van der Waals surface area contributed by atoms with Crippen LogP contribution in [0.25, 0.3) is 21.4 Å². The topological polar surface area (TPSA) is 80.7 Å². The van der Waals surface area contributed by atoms with E-state index in [0.717, 1.165) is 16.1 Å². The third kappa shape index (κ3) is 3.81. The van der Waals surface area contributed by atoms with Crippen LogP contribution in [0.4, 0.5) is 5.82 Å². The fourth-order valence-electron chi connectivity index (χ4n) is 2.37. The predicted octanol–water partition coefficient (Wildman–Crippen LogP) is 3.90. The van der Waals surface area contributed by atoms with Crippen molar-refractivity contribution < 1.29 is 4.79 Å². The molecule has 1 N–H and O–H groups in total. The molecule has 0 aliphatic carbocycles. The molecule has 4 heterocycles. The van der Waals surface area contributed by atoms with E-state index in [1.54, 1.807) is 36.0 Å². The maximum atomic E-state index is 12.4. The van der Waals surface area contributed by atoms with Crippen LogP contribution < -0.4 is 5.32 Å². The molecule has 0 saturated carbocycles. The van der Waals surface area contributed by atoms with Crippen LogP contribution in [0.1, 0.15) is 5.56 Å². The molecule has 8 heteroatoms. The maximum Gasteiger partial charge on any atom is 0.230 e. The van der Waals surface area contributed by atoms with Gasteiger partial charge in [0.1, 0.15) is 5.82 Å². The summed E-state index contributed by atoms with van der Waals surface area (Å²) < 4.78 is 0. The van der Waals surface area contributed by atoms with Crippen molar-refractivity contribution in [3.05, 3.63) is 65.2 Å². The SMILES string of the molecule is O=C(Cc1cccnc1)Nc1cc(-c2cccs2)nc(-c2nccs2)n1. The van der Waals surface area contributed by atoms with Crippen molar-refractivity contribution in [1.82, 2.24) is 19.9 Å². The van der Waals surface area contributed by atoms with Crippen LogP contribution in [0, 0.1) is 0 Å². The Balaban J connectivity index is 1.63. The fraction of sp³-hybridized carbons (Fsp3) is 0.0556. The van der Waals surface area contributed by atoms with Crippen LogP contribution >= 0.6 is 22.7 Å². The minimum absolute atomic E-state index is 0.154. The molecule has 0 spiro atoms. The van der Waals surface area contributed by atoms with Crippen LogP contribution in [0.15, 0.2) is 59.7 Å². The molecule has 4 aromatic rings. The minimum atomic E-state index is -0.154. The largest absolute Gasteiger partial charge is 0.310 e. The number of amides is 1. The van der Waals surface area contributed by atoms with Gasteiger partial charge in [0.2, 0.25) is 5.91 Å². The highest BCUT2D eigenvalue weighted by atomic mass is 32.1. The Kier molecular flexibility index (Phi) is 4.76. The van der Waals surface area contributed by atoms with E-state index in [0.29, 0.717) is 16.6 Å². The second kappa shape index (κ2) is 7.51. The number of carbonyl (C=O) groups excluding carboxylic acids is 1. The van der Waals surface area contributed by atoms with E-state index in [-0.39, 0.29) is 12.3 Å². The molecule has 4 rings (SSSR count). The number of anilines is 1. The van der Waals surface area contributed by atoms with E-state index in [9.17, 15) is 4.79 Å². The van der Waals surface area contributed by atoms with Gasteiger partial charge in [-0.3, -0.25) is 9.78 Å². The first-order chi connectivity index (χ1) is 12.8. The number of carbonyl (C=O) groups is 1. The average molecular weight is 379 g/mol. The predicted molar refractivity (Wildman–Crippen MR) is 103 cm³/mol. The van der Waals surface area contributed by atoms with E-state index in [1.165, 1.54) is 11.3 Å². The van der Waals surface area contributed by atoms with Crippen LogP contribution in [0.3, 0.4) is 0 Å². The van der Waals surface area contributed by atoms with Crippen LogP contribution in [0.5, 0.6) is 0 Å². The molecule has 0 aliphatic heterocycles. The lowest BCUT2D eigenvalue weighted by atomic mass is 10.2. The summed E-state index contributed by atoms with van der Waals surface area (Å²) in [7, 11) is 0. The number of hydrogen-bond acceptors (Lipinski definition) is 7. The summed E-state index contributed by atoms with van der Waals surface area (Å²) in [5.41, 5.74) is 1.61. The fourth-order valence-corrected chi connectivity index (χ4v) is 3.62. The molecule has 0 atom stereocenters. The van der Waals surface area contributed by atoms with Gasteiger partial charge in [-0.15, -0.1) is 22.7 Å². The zero-order valence-electron chi connectivity index (χ0n) is 13.5. The molecular formula is C18H13N5OS2. The van der Waals surface area contributed by atoms with Crippen molar-refractivity contribution in [2.75, 3.05) is 5.32 Å². The van der Waals surface area contributed by atoms with Crippen molar-refractivity contribution in [3.63, 3.8) is 0 Å². The first-order valence-electron chi connectivity index (χ1n) is 7.79. The number of hydrogen-bond donors (Lipinski definition) is 1. The van der Waals surface area contributed by atoms with Gasteiger partial charge in [-0.05, 0) is 23.1 Å². The normalized spacial score (nSPS) is 10.6. The molecule has 4 aromatic heterocycles. The van der Waals surface area contributed by atoms with Crippen LogP contribution in [-0.4, -0.2) is 25.8 Å². The molecule has 128 valence electrons. The molecule has 6 nitrogen and oxygen atoms in total. The Morgan fingerprint density at radius 3 is 2.77 bits per heavy atom. The Morgan fingerprint density at radius 2 is 2.04 bits per heavy atom. The molecule has 0 aliphatic rings. The van der Waals surface area contributed by atoms with Gasteiger partial charge in [0, 0.05) is 30.0 Å². The van der Waals surface area contributed by atoms with E-state index in [4.69, 9.17) is 0 Å². The monoisotopic (exact) mass is 379 g/mol. The first-order valence-corrected chi connectivity index (χ1v) is 9.55. The third-order valence-corrected chi connectivity index (χ3v) is 5.14. The Morgan fingerprint density at radius 1 is 1.08 bits per heavy atom. The number of rotatable bonds is 5. The summed E-state index contributed by atoms with van der Waals surface area (Å²) in [4.78, 5) is 30.7. The van der Waals surface area contributed by atoms with E-state index < -0.39 is 0 Å². The molecule has 0 fully saturated rings. The average Bonchev–Trinajstić information content (AvgIpc) is 3.36. The molecule has 0 aromatic carbocycles. The second-order valence-electron chi connectivity index (χ2n) is 5.36. The van der Waals surface area contributed by atoms with Crippen LogP contribution in [-0.2, 0) is 11.2 Å². The smallest absolute Gasteiger partial charge is 0.230 e. The number of pyridine rings is 1. The highest BCUT2D eigenvalue weighted by Crippen LogP contribution is 2.28. The van der Waals surface area contributed by atoms with E-state index >= 15 is 0 Å². The Bertz CT molecular complexity index is 949. The lowest BCUT2D eigenvalue weighted by Gasteiger charge is -2.08. The van der Waals surface area contributed by atoms with Crippen molar-refractivity contribution in [3.8, 4) is 21.4 Å².